The average molecular weight is 470 g/mol. The van der Waals surface area contributed by atoms with E-state index in [0.717, 1.165) is 33.5 Å². The molecule has 0 saturated carbocycles. The molecule has 0 unspecified atom stereocenters. The first-order chi connectivity index (χ1) is 15.7. The maximum Gasteiger partial charge on any atom is 0.416 e. The van der Waals surface area contributed by atoms with Crippen LogP contribution in [0.3, 0.4) is 0 Å². The Kier molecular flexibility index (Phi) is 6.37. The highest BCUT2D eigenvalue weighted by Gasteiger charge is 2.30. The molecule has 0 spiro atoms. The lowest BCUT2D eigenvalue weighted by atomic mass is 10.1. The van der Waals surface area contributed by atoms with E-state index < -0.39 is 11.7 Å². The van der Waals surface area contributed by atoms with Gasteiger partial charge in [0.1, 0.15) is 0 Å². The molecule has 4 nitrogen and oxygen atoms in total. The number of amides is 1. The molecule has 0 fully saturated rings. The number of hydrogen-bond acceptors (Lipinski definition) is 3. The number of rotatable bonds is 6. The minimum Gasteiger partial charge on any atom is -0.342 e. The highest BCUT2D eigenvalue weighted by atomic mass is 32.1. The van der Waals surface area contributed by atoms with Gasteiger partial charge in [-0.25, -0.2) is 5.43 Å². The van der Waals surface area contributed by atoms with Crippen molar-refractivity contribution in [3.05, 3.63) is 93.3 Å². The van der Waals surface area contributed by atoms with Crippen molar-refractivity contribution >= 4 is 34.4 Å². The van der Waals surface area contributed by atoms with Crippen molar-refractivity contribution in [1.82, 2.24) is 9.99 Å². The number of carbonyl (C=O) groups is 1. The smallest absolute Gasteiger partial charge is 0.342 e. The molecule has 0 bridgehead atoms. The second kappa shape index (κ2) is 9.23. The summed E-state index contributed by atoms with van der Waals surface area (Å²) in [7, 11) is 0. The summed E-state index contributed by atoms with van der Waals surface area (Å²) in [6.45, 7) is 4.42. The minimum atomic E-state index is -4.39. The number of hydrogen-bond donors (Lipinski definition) is 1. The molecule has 2 heterocycles. The summed E-state index contributed by atoms with van der Waals surface area (Å²) < 4.78 is 41.1. The summed E-state index contributed by atoms with van der Waals surface area (Å²) in [5.41, 5.74) is 4.60. The third kappa shape index (κ3) is 5.17. The van der Waals surface area contributed by atoms with Gasteiger partial charge in [-0.3, -0.25) is 4.79 Å². The van der Waals surface area contributed by atoms with E-state index in [1.54, 1.807) is 17.7 Å². The first kappa shape index (κ1) is 22.8. The number of nitrogens with zero attached hydrogens (tertiary/aromatic N) is 2. The zero-order valence-corrected chi connectivity index (χ0v) is 18.9. The number of para-hydroxylation sites is 1. The van der Waals surface area contributed by atoms with Gasteiger partial charge < -0.3 is 4.57 Å². The molecule has 0 radical (unpaired) electrons. The van der Waals surface area contributed by atoms with Gasteiger partial charge in [0, 0.05) is 39.5 Å². The molecule has 2 aromatic heterocycles. The Morgan fingerprint density at radius 2 is 1.94 bits per heavy atom. The zero-order chi connectivity index (χ0) is 23.6. The van der Waals surface area contributed by atoms with Crippen LogP contribution in [0.4, 0.5) is 13.2 Å². The molecule has 2 aromatic carbocycles. The number of aromatic nitrogens is 1. The first-order valence-corrected chi connectivity index (χ1v) is 11.3. The van der Waals surface area contributed by atoms with Crippen LogP contribution in [-0.2, 0) is 12.7 Å². The normalized spacial score (nSPS) is 12.2. The monoisotopic (exact) mass is 469 g/mol. The highest BCUT2D eigenvalue weighted by Crippen LogP contribution is 2.30. The van der Waals surface area contributed by atoms with Crippen LogP contribution in [0.25, 0.3) is 10.9 Å². The maximum absolute atomic E-state index is 13.1. The third-order valence-corrected chi connectivity index (χ3v) is 6.48. The van der Waals surface area contributed by atoms with Gasteiger partial charge in [0.05, 0.1) is 17.3 Å². The Morgan fingerprint density at radius 3 is 2.67 bits per heavy atom. The lowest BCUT2D eigenvalue weighted by Gasteiger charge is -2.10. The van der Waals surface area contributed by atoms with Crippen LogP contribution in [0.15, 0.2) is 71.3 Å². The Balaban J connectivity index is 1.55. The molecule has 1 N–H and O–H groups in total. The molecule has 0 atom stereocenters. The van der Waals surface area contributed by atoms with E-state index in [2.05, 4.69) is 24.4 Å². The van der Waals surface area contributed by atoms with Crippen molar-refractivity contribution in [2.75, 3.05) is 0 Å². The van der Waals surface area contributed by atoms with Crippen LogP contribution in [0.1, 0.15) is 51.7 Å². The molecule has 4 rings (SSSR count). The highest BCUT2D eigenvalue weighted by molar-refractivity contribution is 7.10. The Hall–Kier alpha value is -3.39. The minimum absolute atomic E-state index is 0.275. The number of nitrogens with one attached hydrogen (secondary N) is 1. The fraction of sp³-hybridized carbons (Fsp3) is 0.200. The standard InChI is InChI=1S/C25H22F3N3OS/c1-16(2)23-11-18(15-33-23)24(32)30-29-12-19-14-31(22-9-4-3-8-21(19)22)13-17-6-5-7-20(10-17)25(26,27)28/h3-12,14-16H,13H2,1-2H3,(H,30,32)/b29-12-. The Morgan fingerprint density at radius 1 is 1.15 bits per heavy atom. The van der Waals surface area contributed by atoms with Crippen molar-refractivity contribution in [3.8, 4) is 0 Å². The van der Waals surface area contributed by atoms with Gasteiger partial charge in [-0.2, -0.15) is 18.3 Å². The SMILES string of the molecule is CC(C)c1cc(C(=O)N/N=C\c2cn(Cc3cccc(C(F)(F)F)c3)c3ccccc23)cs1. The summed E-state index contributed by atoms with van der Waals surface area (Å²) >= 11 is 1.54. The quantitative estimate of drug-likeness (QED) is 0.249. The van der Waals surface area contributed by atoms with Gasteiger partial charge in [0.2, 0.25) is 0 Å². The number of benzene rings is 2. The van der Waals surface area contributed by atoms with Crippen LogP contribution < -0.4 is 5.43 Å². The fourth-order valence-corrected chi connectivity index (χ4v) is 4.46. The van der Waals surface area contributed by atoms with Crippen molar-refractivity contribution < 1.29 is 18.0 Å². The summed E-state index contributed by atoms with van der Waals surface area (Å²) in [5, 5.41) is 6.80. The average Bonchev–Trinajstić information content (AvgIpc) is 3.40. The topological polar surface area (TPSA) is 46.4 Å². The Bertz CT molecular complexity index is 1320. The van der Waals surface area contributed by atoms with Crippen LogP contribution in [0.5, 0.6) is 0 Å². The van der Waals surface area contributed by atoms with Crippen LogP contribution >= 0.6 is 11.3 Å². The largest absolute Gasteiger partial charge is 0.416 e. The van der Waals surface area contributed by atoms with E-state index in [1.165, 1.54) is 17.4 Å². The molecular formula is C25H22F3N3OS. The van der Waals surface area contributed by atoms with Gasteiger partial charge >= 0.3 is 6.18 Å². The van der Waals surface area contributed by atoms with E-state index >= 15 is 0 Å². The molecule has 4 aromatic rings. The maximum atomic E-state index is 13.1. The lowest BCUT2D eigenvalue weighted by Crippen LogP contribution is -2.16. The predicted octanol–water partition coefficient (Wildman–Crippen LogP) is 6.66. The number of fused-ring (bicyclic) bond motifs is 1. The zero-order valence-electron chi connectivity index (χ0n) is 18.1. The molecular weight excluding hydrogens is 447 g/mol. The van der Waals surface area contributed by atoms with Crippen molar-refractivity contribution in [2.24, 2.45) is 5.10 Å². The molecule has 0 aliphatic heterocycles. The molecule has 0 aliphatic carbocycles. The number of alkyl halides is 3. The van der Waals surface area contributed by atoms with E-state index in [4.69, 9.17) is 0 Å². The van der Waals surface area contributed by atoms with Gasteiger partial charge in [-0.15, -0.1) is 11.3 Å². The van der Waals surface area contributed by atoms with E-state index in [0.29, 0.717) is 17.0 Å². The molecule has 1 amide bonds. The summed E-state index contributed by atoms with van der Waals surface area (Å²) in [4.78, 5) is 13.5. The van der Waals surface area contributed by atoms with Crippen LogP contribution in [0.2, 0.25) is 0 Å². The van der Waals surface area contributed by atoms with Crippen molar-refractivity contribution in [3.63, 3.8) is 0 Å². The third-order valence-electron chi connectivity index (χ3n) is 5.25. The molecule has 170 valence electrons. The molecule has 0 saturated heterocycles. The van der Waals surface area contributed by atoms with Crippen LogP contribution in [-0.4, -0.2) is 16.7 Å². The first-order valence-electron chi connectivity index (χ1n) is 10.4. The number of hydrazone groups is 1. The van der Waals surface area contributed by atoms with E-state index in [9.17, 15) is 18.0 Å². The fourth-order valence-electron chi connectivity index (χ4n) is 3.55. The number of carbonyl (C=O) groups excluding carboxylic acids is 1. The van der Waals surface area contributed by atoms with Gasteiger partial charge in [-0.05, 0) is 35.7 Å². The second-order valence-electron chi connectivity index (χ2n) is 8.02. The van der Waals surface area contributed by atoms with E-state index in [1.807, 2.05) is 41.1 Å². The summed E-state index contributed by atoms with van der Waals surface area (Å²) in [5.74, 6) is 0.0603. The number of thiophene rings is 1. The van der Waals surface area contributed by atoms with Crippen molar-refractivity contribution in [1.29, 1.82) is 0 Å². The van der Waals surface area contributed by atoms with Gasteiger partial charge in [0.25, 0.3) is 5.91 Å². The number of halogens is 3. The summed E-state index contributed by atoms with van der Waals surface area (Å²) in [6, 6.07) is 14.7. The molecule has 33 heavy (non-hydrogen) atoms. The van der Waals surface area contributed by atoms with E-state index in [-0.39, 0.29) is 12.5 Å². The Labute approximate surface area is 193 Å². The van der Waals surface area contributed by atoms with Crippen molar-refractivity contribution in [2.45, 2.75) is 32.5 Å². The molecule has 0 aliphatic rings. The second-order valence-corrected chi connectivity index (χ2v) is 8.96. The predicted molar refractivity (Wildman–Crippen MR) is 126 cm³/mol. The summed E-state index contributed by atoms with van der Waals surface area (Å²) in [6.07, 6.45) is -1.01. The van der Waals surface area contributed by atoms with Gasteiger partial charge in [-0.1, -0.05) is 44.2 Å². The lowest BCUT2D eigenvalue weighted by molar-refractivity contribution is -0.137. The van der Waals surface area contributed by atoms with Gasteiger partial charge in [0.15, 0.2) is 0 Å². The molecule has 8 heteroatoms. The van der Waals surface area contributed by atoms with Crippen LogP contribution in [0, 0.1) is 0 Å².